The summed E-state index contributed by atoms with van der Waals surface area (Å²) in [7, 11) is 0. The average molecular weight is 265 g/mol. The zero-order valence-electron chi connectivity index (χ0n) is 11.9. The zero-order chi connectivity index (χ0) is 14.3. The van der Waals surface area contributed by atoms with Crippen molar-refractivity contribution < 1.29 is 14.6 Å². The van der Waals surface area contributed by atoms with Gasteiger partial charge in [0.05, 0.1) is 6.61 Å². The molecule has 0 radical (unpaired) electrons. The first-order valence-corrected chi connectivity index (χ1v) is 6.61. The number of hydrogen-bond donors (Lipinski definition) is 2. The summed E-state index contributed by atoms with van der Waals surface area (Å²) in [6.07, 6.45) is 0.793. The Morgan fingerprint density at radius 1 is 1.37 bits per heavy atom. The van der Waals surface area contributed by atoms with Gasteiger partial charge >= 0.3 is 0 Å². The van der Waals surface area contributed by atoms with Crippen LogP contribution in [0.1, 0.15) is 32.8 Å². The van der Waals surface area contributed by atoms with E-state index in [1.54, 1.807) is 0 Å². The van der Waals surface area contributed by atoms with Crippen molar-refractivity contribution in [3.8, 4) is 5.75 Å². The van der Waals surface area contributed by atoms with Crippen molar-refractivity contribution >= 4 is 5.91 Å². The number of aliphatic hydroxyl groups is 1. The molecule has 0 aliphatic heterocycles. The monoisotopic (exact) mass is 265 g/mol. The van der Waals surface area contributed by atoms with Crippen molar-refractivity contribution in [1.82, 2.24) is 5.32 Å². The fraction of sp³-hybridized carbons (Fsp3) is 0.533. The Bertz CT molecular complexity index is 416. The van der Waals surface area contributed by atoms with E-state index in [-0.39, 0.29) is 24.5 Å². The summed E-state index contributed by atoms with van der Waals surface area (Å²) in [5.41, 5.74) is 0.553. The van der Waals surface area contributed by atoms with Gasteiger partial charge in [0, 0.05) is 17.5 Å². The molecule has 2 N–H and O–H groups in total. The van der Waals surface area contributed by atoms with Crippen LogP contribution in [0.5, 0.6) is 5.75 Å². The van der Waals surface area contributed by atoms with E-state index in [2.05, 4.69) is 5.32 Å². The molecular formula is C15H23NO3. The van der Waals surface area contributed by atoms with E-state index in [9.17, 15) is 4.79 Å². The zero-order valence-corrected chi connectivity index (χ0v) is 11.9. The minimum atomic E-state index is -0.360. The highest BCUT2D eigenvalue weighted by Crippen LogP contribution is 2.21. The number of rotatable bonds is 7. The normalized spacial score (nSPS) is 11.2. The summed E-state index contributed by atoms with van der Waals surface area (Å²) in [6.45, 7) is 6.52. The Morgan fingerprint density at radius 2 is 2.05 bits per heavy atom. The Hall–Kier alpha value is -1.55. The van der Waals surface area contributed by atoms with Crippen molar-refractivity contribution in [1.29, 1.82) is 0 Å². The maximum absolute atomic E-state index is 12.0. The first kappa shape index (κ1) is 15.5. The number of hydrogen-bond acceptors (Lipinski definition) is 3. The molecule has 0 bridgehead atoms. The highest BCUT2D eigenvalue weighted by Gasteiger charge is 2.24. The van der Waals surface area contributed by atoms with Gasteiger partial charge in [-0.25, -0.2) is 0 Å². The molecule has 1 aromatic rings. The third kappa shape index (κ3) is 4.56. The van der Waals surface area contributed by atoms with Crippen LogP contribution in [0.15, 0.2) is 24.3 Å². The SMILES string of the molecule is CCC(C)(C)C(=O)NCc1ccccc1OCCO. The number of nitrogens with one attached hydrogen (secondary N) is 1. The molecule has 106 valence electrons. The molecule has 0 aliphatic carbocycles. The van der Waals surface area contributed by atoms with E-state index in [4.69, 9.17) is 9.84 Å². The van der Waals surface area contributed by atoms with Gasteiger partial charge in [-0.05, 0) is 12.5 Å². The summed E-state index contributed by atoms with van der Waals surface area (Å²) in [6, 6.07) is 7.51. The standard InChI is InChI=1S/C15H23NO3/c1-4-15(2,3)14(18)16-11-12-7-5-6-8-13(12)19-10-9-17/h5-8,17H,4,9-11H2,1-3H3,(H,16,18). The fourth-order valence-corrected chi connectivity index (χ4v) is 1.52. The molecule has 0 aliphatic rings. The maximum atomic E-state index is 12.0. The van der Waals surface area contributed by atoms with Crippen molar-refractivity contribution in [3.63, 3.8) is 0 Å². The first-order valence-electron chi connectivity index (χ1n) is 6.61. The summed E-state index contributed by atoms with van der Waals surface area (Å²) in [5.74, 6) is 0.734. The van der Waals surface area contributed by atoms with Crippen LogP contribution < -0.4 is 10.1 Å². The molecule has 19 heavy (non-hydrogen) atoms. The second-order valence-corrected chi connectivity index (χ2v) is 5.10. The maximum Gasteiger partial charge on any atom is 0.225 e. The number of carbonyl (C=O) groups excluding carboxylic acids is 1. The smallest absolute Gasteiger partial charge is 0.225 e. The number of benzene rings is 1. The number of amides is 1. The summed E-state index contributed by atoms with van der Waals surface area (Å²) in [5, 5.41) is 11.7. The molecule has 0 spiro atoms. The summed E-state index contributed by atoms with van der Waals surface area (Å²) in [4.78, 5) is 12.0. The predicted molar refractivity (Wildman–Crippen MR) is 74.9 cm³/mol. The highest BCUT2D eigenvalue weighted by molar-refractivity contribution is 5.81. The first-order chi connectivity index (χ1) is 9.01. The van der Waals surface area contributed by atoms with Crippen LogP contribution in [0, 0.1) is 5.41 Å². The minimum absolute atomic E-state index is 0.0242. The summed E-state index contributed by atoms with van der Waals surface area (Å²) >= 11 is 0. The number of para-hydroxylation sites is 1. The molecular weight excluding hydrogens is 242 g/mol. The molecule has 0 saturated carbocycles. The molecule has 1 aromatic carbocycles. The van der Waals surface area contributed by atoms with Crippen LogP contribution in [-0.4, -0.2) is 24.2 Å². The molecule has 4 nitrogen and oxygen atoms in total. The van der Waals surface area contributed by atoms with E-state index in [0.717, 1.165) is 12.0 Å². The van der Waals surface area contributed by atoms with Crippen LogP contribution in [-0.2, 0) is 11.3 Å². The molecule has 0 atom stereocenters. The van der Waals surface area contributed by atoms with Gasteiger partial charge in [-0.15, -0.1) is 0 Å². The second-order valence-electron chi connectivity index (χ2n) is 5.10. The quantitative estimate of drug-likeness (QED) is 0.794. The molecule has 1 amide bonds. The molecule has 4 heteroatoms. The van der Waals surface area contributed by atoms with Crippen LogP contribution in [0.3, 0.4) is 0 Å². The van der Waals surface area contributed by atoms with Crippen molar-refractivity contribution in [2.75, 3.05) is 13.2 Å². The van der Waals surface area contributed by atoms with Crippen molar-refractivity contribution in [2.45, 2.75) is 33.7 Å². The van der Waals surface area contributed by atoms with Crippen LogP contribution in [0.2, 0.25) is 0 Å². The lowest BCUT2D eigenvalue weighted by Crippen LogP contribution is -2.36. The Kier molecular flexibility index (Phi) is 5.83. The number of ether oxygens (including phenoxy) is 1. The minimum Gasteiger partial charge on any atom is -0.491 e. The van der Waals surface area contributed by atoms with Crippen LogP contribution in [0.25, 0.3) is 0 Å². The lowest BCUT2D eigenvalue weighted by atomic mass is 9.89. The third-order valence-corrected chi connectivity index (χ3v) is 3.26. The van der Waals surface area contributed by atoms with E-state index >= 15 is 0 Å². The topological polar surface area (TPSA) is 58.6 Å². The van der Waals surface area contributed by atoms with Crippen molar-refractivity contribution in [2.24, 2.45) is 5.41 Å². The molecule has 0 unspecified atom stereocenters. The van der Waals surface area contributed by atoms with E-state index in [0.29, 0.717) is 12.3 Å². The van der Waals surface area contributed by atoms with Gasteiger partial charge in [-0.3, -0.25) is 4.79 Å². The summed E-state index contributed by atoms with van der Waals surface area (Å²) < 4.78 is 5.43. The van der Waals surface area contributed by atoms with Gasteiger partial charge in [0.25, 0.3) is 0 Å². The predicted octanol–water partition coefficient (Wildman–Crippen LogP) is 2.11. The molecule has 0 aromatic heterocycles. The fourth-order valence-electron chi connectivity index (χ4n) is 1.52. The number of aliphatic hydroxyl groups excluding tert-OH is 1. The van der Waals surface area contributed by atoms with E-state index < -0.39 is 0 Å². The number of carbonyl (C=O) groups is 1. The Morgan fingerprint density at radius 3 is 2.68 bits per heavy atom. The average Bonchev–Trinajstić information content (AvgIpc) is 2.43. The van der Waals surface area contributed by atoms with Crippen molar-refractivity contribution in [3.05, 3.63) is 29.8 Å². The van der Waals surface area contributed by atoms with Crippen LogP contribution in [0.4, 0.5) is 0 Å². The van der Waals surface area contributed by atoms with Gasteiger partial charge < -0.3 is 15.2 Å². The van der Waals surface area contributed by atoms with E-state index in [1.165, 1.54) is 0 Å². The lowest BCUT2D eigenvalue weighted by molar-refractivity contribution is -0.129. The third-order valence-electron chi connectivity index (χ3n) is 3.26. The van der Waals surface area contributed by atoms with Crippen LogP contribution >= 0.6 is 0 Å². The van der Waals surface area contributed by atoms with Gasteiger partial charge in [-0.1, -0.05) is 39.0 Å². The molecule has 1 rings (SSSR count). The largest absolute Gasteiger partial charge is 0.491 e. The molecule has 0 heterocycles. The molecule has 0 saturated heterocycles. The highest BCUT2D eigenvalue weighted by atomic mass is 16.5. The van der Waals surface area contributed by atoms with Gasteiger partial charge in [-0.2, -0.15) is 0 Å². The van der Waals surface area contributed by atoms with E-state index in [1.807, 2.05) is 45.0 Å². The van der Waals surface area contributed by atoms with Gasteiger partial charge in [0.15, 0.2) is 0 Å². The Balaban J connectivity index is 2.65. The lowest BCUT2D eigenvalue weighted by Gasteiger charge is -2.22. The second kappa shape index (κ2) is 7.14. The van der Waals surface area contributed by atoms with Gasteiger partial charge in [0.1, 0.15) is 12.4 Å². The molecule has 0 fully saturated rings. The Labute approximate surface area is 114 Å². The van der Waals surface area contributed by atoms with Gasteiger partial charge in [0.2, 0.25) is 5.91 Å².